The van der Waals surface area contributed by atoms with E-state index in [-0.39, 0.29) is 24.0 Å². The lowest BCUT2D eigenvalue weighted by molar-refractivity contribution is 0.104. The fraction of sp³-hybridized carbons (Fsp3) is 0.600. The van der Waals surface area contributed by atoms with Crippen molar-refractivity contribution in [3.8, 4) is 0 Å². The molecule has 2 heterocycles. The van der Waals surface area contributed by atoms with Gasteiger partial charge in [0.25, 0.3) is 0 Å². The summed E-state index contributed by atoms with van der Waals surface area (Å²) in [6.45, 7) is 6.50. The first-order valence-electron chi connectivity index (χ1n) is 9.47. The molecule has 1 aliphatic carbocycles. The van der Waals surface area contributed by atoms with E-state index in [0.717, 1.165) is 42.7 Å². The lowest BCUT2D eigenvalue weighted by Crippen LogP contribution is -2.47. The van der Waals surface area contributed by atoms with Gasteiger partial charge < -0.3 is 15.0 Å². The van der Waals surface area contributed by atoms with E-state index >= 15 is 0 Å². The number of fused-ring (bicyclic) bond motifs is 1. The molecule has 5 nitrogen and oxygen atoms in total. The van der Waals surface area contributed by atoms with Gasteiger partial charge in [0.1, 0.15) is 5.65 Å². The number of halogens is 1. The van der Waals surface area contributed by atoms with E-state index in [0.29, 0.717) is 5.41 Å². The predicted octanol–water partition coefficient (Wildman–Crippen LogP) is 3.88. The van der Waals surface area contributed by atoms with Crippen molar-refractivity contribution in [2.75, 3.05) is 20.1 Å². The third kappa shape index (κ3) is 5.34. The van der Waals surface area contributed by atoms with Gasteiger partial charge in [-0.15, -0.1) is 24.0 Å². The maximum atomic E-state index is 4.64. The van der Waals surface area contributed by atoms with Crippen molar-refractivity contribution < 1.29 is 0 Å². The van der Waals surface area contributed by atoms with Crippen LogP contribution in [0, 0.1) is 11.3 Å². The third-order valence-corrected chi connectivity index (χ3v) is 5.20. The van der Waals surface area contributed by atoms with Gasteiger partial charge in [0, 0.05) is 39.0 Å². The number of hydrogen-bond acceptors (Lipinski definition) is 2. The molecule has 26 heavy (non-hydrogen) atoms. The number of aromatic nitrogens is 2. The molecular formula is C20H32IN5. The number of imidazole rings is 1. The van der Waals surface area contributed by atoms with Gasteiger partial charge in [-0.05, 0) is 42.7 Å². The molecule has 0 aromatic carbocycles. The molecule has 0 unspecified atom stereocenters. The highest BCUT2D eigenvalue weighted by Crippen LogP contribution is 2.45. The molecule has 0 atom stereocenters. The summed E-state index contributed by atoms with van der Waals surface area (Å²) in [6.07, 6.45) is 10.4. The molecule has 3 rings (SSSR count). The first-order valence-corrected chi connectivity index (χ1v) is 9.47. The molecule has 2 N–H and O–H groups in total. The standard InChI is InChI=1S/C20H31N5.HI/c1-16(2)13-20(9-6-10-20)15-23-19(21-3)22-11-8-17-14-25-12-5-4-7-18(25)24-17;/h4-5,7,12,14,16H,6,8-11,13,15H2,1-3H3,(H2,21,22,23);1H. The number of aliphatic imine (C=N–C) groups is 1. The summed E-state index contributed by atoms with van der Waals surface area (Å²) in [5.41, 5.74) is 2.58. The van der Waals surface area contributed by atoms with Crippen LogP contribution in [0.3, 0.4) is 0 Å². The largest absolute Gasteiger partial charge is 0.356 e. The van der Waals surface area contributed by atoms with Crippen LogP contribution in [0.2, 0.25) is 0 Å². The zero-order valence-electron chi connectivity index (χ0n) is 16.2. The highest BCUT2D eigenvalue weighted by atomic mass is 127. The first-order chi connectivity index (χ1) is 12.1. The maximum Gasteiger partial charge on any atom is 0.191 e. The Morgan fingerprint density at radius 1 is 1.31 bits per heavy atom. The van der Waals surface area contributed by atoms with E-state index in [9.17, 15) is 0 Å². The Labute approximate surface area is 174 Å². The molecule has 0 bridgehead atoms. The van der Waals surface area contributed by atoms with Gasteiger partial charge in [-0.2, -0.15) is 0 Å². The summed E-state index contributed by atoms with van der Waals surface area (Å²) in [6, 6.07) is 6.07. The number of pyridine rings is 1. The Morgan fingerprint density at radius 2 is 2.12 bits per heavy atom. The molecule has 1 fully saturated rings. The van der Waals surface area contributed by atoms with E-state index in [1.54, 1.807) is 0 Å². The Kier molecular flexibility index (Phi) is 7.73. The van der Waals surface area contributed by atoms with Gasteiger partial charge in [-0.1, -0.05) is 26.3 Å². The smallest absolute Gasteiger partial charge is 0.191 e. The van der Waals surface area contributed by atoms with E-state index in [2.05, 4.69) is 45.1 Å². The highest BCUT2D eigenvalue weighted by molar-refractivity contribution is 14.0. The predicted molar refractivity (Wildman–Crippen MR) is 119 cm³/mol. The van der Waals surface area contributed by atoms with Crippen LogP contribution >= 0.6 is 24.0 Å². The topological polar surface area (TPSA) is 53.7 Å². The number of rotatable bonds is 7. The van der Waals surface area contributed by atoms with Crippen molar-refractivity contribution in [1.29, 1.82) is 0 Å². The van der Waals surface area contributed by atoms with Crippen LogP contribution in [0.25, 0.3) is 5.65 Å². The second-order valence-electron chi connectivity index (χ2n) is 7.75. The monoisotopic (exact) mass is 469 g/mol. The van der Waals surface area contributed by atoms with E-state index in [1.165, 1.54) is 25.7 Å². The summed E-state index contributed by atoms with van der Waals surface area (Å²) in [5.74, 6) is 1.66. The van der Waals surface area contributed by atoms with Crippen molar-refractivity contribution in [2.45, 2.75) is 46.0 Å². The molecule has 2 aromatic rings. The minimum atomic E-state index is 0. The van der Waals surface area contributed by atoms with Gasteiger partial charge in [-0.25, -0.2) is 4.98 Å². The van der Waals surface area contributed by atoms with E-state index < -0.39 is 0 Å². The van der Waals surface area contributed by atoms with Gasteiger partial charge in [0.05, 0.1) is 5.69 Å². The molecule has 1 aliphatic rings. The van der Waals surface area contributed by atoms with Gasteiger partial charge in [-0.3, -0.25) is 4.99 Å². The number of nitrogens with one attached hydrogen (secondary N) is 2. The van der Waals surface area contributed by atoms with Crippen molar-refractivity contribution in [1.82, 2.24) is 20.0 Å². The summed E-state index contributed by atoms with van der Waals surface area (Å²) >= 11 is 0. The molecule has 0 aliphatic heterocycles. The number of nitrogens with zero attached hydrogens (tertiary/aromatic N) is 3. The average Bonchev–Trinajstić information content (AvgIpc) is 2.97. The molecule has 0 spiro atoms. The lowest BCUT2D eigenvalue weighted by Gasteiger charge is -2.43. The zero-order valence-corrected chi connectivity index (χ0v) is 18.5. The molecule has 6 heteroatoms. The fourth-order valence-electron chi connectivity index (χ4n) is 3.90. The maximum absolute atomic E-state index is 4.64. The van der Waals surface area contributed by atoms with Crippen LogP contribution in [-0.4, -0.2) is 35.5 Å². The summed E-state index contributed by atoms with van der Waals surface area (Å²) in [4.78, 5) is 9.01. The van der Waals surface area contributed by atoms with Crippen molar-refractivity contribution in [2.24, 2.45) is 16.3 Å². The number of guanidine groups is 1. The summed E-state index contributed by atoms with van der Waals surface area (Å²) < 4.78 is 2.06. The van der Waals surface area contributed by atoms with E-state index in [4.69, 9.17) is 0 Å². The van der Waals surface area contributed by atoms with Crippen LogP contribution in [0.1, 0.15) is 45.2 Å². The van der Waals surface area contributed by atoms with Crippen molar-refractivity contribution in [3.05, 3.63) is 36.3 Å². The Bertz CT molecular complexity index is 685. The van der Waals surface area contributed by atoms with Crippen LogP contribution < -0.4 is 10.6 Å². The minimum Gasteiger partial charge on any atom is -0.356 e. The lowest BCUT2D eigenvalue weighted by atomic mass is 9.64. The number of hydrogen-bond donors (Lipinski definition) is 2. The van der Waals surface area contributed by atoms with Gasteiger partial charge in [0.2, 0.25) is 0 Å². The average molecular weight is 469 g/mol. The Balaban J connectivity index is 0.00000243. The van der Waals surface area contributed by atoms with E-state index in [1.807, 2.05) is 31.4 Å². The normalized spacial score (nSPS) is 16.2. The molecule has 1 saturated carbocycles. The van der Waals surface area contributed by atoms with Gasteiger partial charge in [0.15, 0.2) is 5.96 Å². The molecule has 144 valence electrons. The first kappa shape index (κ1) is 21.0. The highest BCUT2D eigenvalue weighted by Gasteiger charge is 2.37. The molecular weight excluding hydrogens is 437 g/mol. The van der Waals surface area contributed by atoms with Crippen LogP contribution in [-0.2, 0) is 6.42 Å². The van der Waals surface area contributed by atoms with Crippen LogP contribution in [0.4, 0.5) is 0 Å². The van der Waals surface area contributed by atoms with Crippen LogP contribution in [0.5, 0.6) is 0 Å². The molecule has 0 saturated heterocycles. The summed E-state index contributed by atoms with van der Waals surface area (Å²) in [7, 11) is 1.84. The van der Waals surface area contributed by atoms with Crippen molar-refractivity contribution in [3.63, 3.8) is 0 Å². The quantitative estimate of drug-likeness (QED) is 0.368. The second-order valence-corrected chi connectivity index (χ2v) is 7.75. The SMILES string of the molecule is CN=C(NCCc1cn2ccccc2n1)NCC1(CC(C)C)CCC1.I. The van der Waals surface area contributed by atoms with Crippen LogP contribution in [0.15, 0.2) is 35.6 Å². The summed E-state index contributed by atoms with van der Waals surface area (Å²) in [5, 5.41) is 6.97. The zero-order chi connectivity index (χ0) is 17.7. The minimum absolute atomic E-state index is 0. The molecule has 0 radical (unpaired) electrons. The molecule has 2 aromatic heterocycles. The Hall–Kier alpha value is -1.31. The Morgan fingerprint density at radius 3 is 2.73 bits per heavy atom. The second kappa shape index (κ2) is 9.58. The van der Waals surface area contributed by atoms with Crippen molar-refractivity contribution >= 4 is 35.6 Å². The fourth-order valence-corrected chi connectivity index (χ4v) is 3.90. The molecule has 0 amide bonds. The van der Waals surface area contributed by atoms with Gasteiger partial charge >= 0.3 is 0 Å². The third-order valence-electron chi connectivity index (χ3n) is 5.20.